The largest absolute Gasteiger partial charge is 0.386 e. The summed E-state index contributed by atoms with van der Waals surface area (Å²) >= 11 is 5.53. The highest BCUT2D eigenvalue weighted by molar-refractivity contribution is 6.28. The van der Waals surface area contributed by atoms with Crippen LogP contribution in [0.2, 0.25) is 0 Å². The molecule has 1 aromatic rings. The third-order valence-electron chi connectivity index (χ3n) is 2.14. The lowest BCUT2D eigenvalue weighted by atomic mass is 10.1. The Kier molecular flexibility index (Phi) is 4.34. The van der Waals surface area contributed by atoms with Crippen molar-refractivity contribution >= 4 is 34.7 Å². The molecule has 0 fully saturated rings. The van der Waals surface area contributed by atoms with Gasteiger partial charge in [0.15, 0.2) is 0 Å². The molecule has 1 amide bonds. The minimum atomic E-state index is -0.504. The number of anilines is 1. The number of hydrogen-bond acceptors (Lipinski definition) is 3. The Balaban J connectivity index is 3.24. The predicted molar refractivity (Wildman–Crippen MR) is 71.3 cm³/mol. The summed E-state index contributed by atoms with van der Waals surface area (Å²) in [6.45, 7) is 0. The van der Waals surface area contributed by atoms with Gasteiger partial charge in [0, 0.05) is 19.8 Å². The van der Waals surface area contributed by atoms with E-state index in [1.165, 1.54) is 0 Å². The molecule has 5 nitrogen and oxygen atoms in total. The van der Waals surface area contributed by atoms with Crippen LogP contribution in [-0.2, 0) is 0 Å². The van der Waals surface area contributed by atoms with Gasteiger partial charge in [0.1, 0.15) is 5.84 Å². The van der Waals surface area contributed by atoms with Crippen molar-refractivity contribution in [3.8, 4) is 0 Å². The minimum Gasteiger partial charge on any atom is -0.386 e. The predicted octanol–water partition coefficient (Wildman–Crippen LogP) is 1.08. The number of benzene rings is 1. The number of hydrogen-bond donors (Lipinski definition) is 2. The lowest BCUT2D eigenvalue weighted by Crippen LogP contribution is -2.18. The summed E-state index contributed by atoms with van der Waals surface area (Å²) in [5.41, 5.74) is 12.5. The maximum atomic E-state index is 11.3. The maximum Gasteiger partial charge on any atom is 0.250 e. The number of alkyl halides is 1. The molecule has 6 heteroatoms. The smallest absolute Gasteiger partial charge is 0.250 e. The number of amides is 1. The quantitative estimate of drug-likeness (QED) is 0.479. The number of primary amides is 1. The van der Waals surface area contributed by atoms with Gasteiger partial charge in [0.25, 0.3) is 5.91 Å². The topological polar surface area (TPSA) is 84.7 Å². The fraction of sp³-hybridized carbons (Fsp3) is 0.273. The van der Waals surface area contributed by atoms with Gasteiger partial charge in [0.05, 0.1) is 17.1 Å². The minimum absolute atomic E-state index is 0.140. The van der Waals surface area contributed by atoms with E-state index in [0.29, 0.717) is 17.1 Å². The fourth-order valence-electron chi connectivity index (χ4n) is 1.38. The number of carbonyl (C=O) groups excluding carboxylic acids is 1. The van der Waals surface area contributed by atoms with Gasteiger partial charge in [-0.15, -0.1) is 11.6 Å². The van der Waals surface area contributed by atoms with Gasteiger partial charge in [-0.3, -0.25) is 4.79 Å². The second kappa shape index (κ2) is 5.54. The molecule has 1 aromatic carbocycles. The van der Waals surface area contributed by atoms with Crippen molar-refractivity contribution in [2.45, 2.75) is 0 Å². The lowest BCUT2D eigenvalue weighted by Gasteiger charge is -2.16. The van der Waals surface area contributed by atoms with Crippen LogP contribution < -0.4 is 16.4 Å². The Labute approximate surface area is 105 Å². The highest BCUT2D eigenvalue weighted by Crippen LogP contribution is 2.24. The summed E-state index contributed by atoms with van der Waals surface area (Å²) < 4.78 is 0. The molecule has 0 aromatic heterocycles. The van der Waals surface area contributed by atoms with E-state index in [-0.39, 0.29) is 5.88 Å². The number of halogens is 1. The standard InChI is InChI=1S/C11H15ClN4O/c1-16(2)9-4-3-7(15-10(13)6-12)5-8(9)11(14)17/h3-5H,6H2,1-2H3,(H2,13,15)(H2,14,17). The second-order valence-electron chi connectivity index (χ2n) is 3.70. The van der Waals surface area contributed by atoms with Crippen LogP contribution in [0.1, 0.15) is 10.4 Å². The van der Waals surface area contributed by atoms with Gasteiger partial charge in [-0.2, -0.15) is 0 Å². The summed E-state index contributed by atoms with van der Waals surface area (Å²) in [5, 5.41) is 0. The van der Waals surface area contributed by atoms with E-state index in [0.717, 1.165) is 5.69 Å². The fourth-order valence-corrected chi connectivity index (χ4v) is 1.44. The normalized spacial score (nSPS) is 11.4. The Morgan fingerprint density at radius 1 is 1.41 bits per heavy atom. The maximum absolute atomic E-state index is 11.3. The molecule has 0 radical (unpaired) electrons. The van der Waals surface area contributed by atoms with Gasteiger partial charge in [-0.05, 0) is 18.2 Å². The van der Waals surface area contributed by atoms with Crippen molar-refractivity contribution < 1.29 is 4.79 Å². The third-order valence-corrected chi connectivity index (χ3v) is 2.41. The average molecular weight is 255 g/mol. The van der Waals surface area contributed by atoms with E-state index in [2.05, 4.69) is 4.99 Å². The van der Waals surface area contributed by atoms with Gasteiger partial charge in [-0.1, -0.05) is 0 Å². The van der Waals surface area contributed by atoms with Crippen molar-refractivity contribution in [1.82, 2.24) is 0 Å². The Bertz CT molecular complexity index is 457. The molecular weight excluding hydrogens is 240 g/mol. The molecule has 0 aliphatic heterocycles. The number of nitrogens with two attached hydrogens (primary N) is 2. The molecule has 0 unspecified atom stereocenters. The summed E-state index contributed by atoms with van der Waals surface area (Å²) in [6, 6.07) is 5.11. The molecule has 92 valence electrons. The van der Waals surface area contributed by atoms with Gasteiger partial charge in [-0.25, -0.2) is 4.99 Å². The van der Waals surface area contributed by atoms with Crippen molar-refractivity contribution in [2.24, 2.45) is 16.5 Å². The van der Waals surface area contributed by atoms with Crippen LogP contribution in [0.15, 0.2) is 23.2 Å². The average Bonchev–Trinajstić information content (AvgIpc) is 2.28. The summed E-state index contributed by atoms with van der Waals surface area (Å²) in [7, 11) is 3.66. The van der Waals surface area contributed by atoms with Crippen LogP contribution in [0.5, 0.6) is 0 Å². The highest BCUT2D eigenvalue weighted by Gasteiger charge is 2.10. The van der Waals surface area contributed by atoms with Crippen molar-refractivity contribution in [2.75, 3.05) is 24.9 Å². The van der Waals surface area contributed by atoms with Crippen LogP contribution >= 0.6 is 11.6 Å². The van der Waals surface area contributed by atoms with E-state index in [1.807, 2.05) is 14.1 Å². The molecule has 0 spiro atoms. The van der Waals surface area contributed by atoms with Gasteiger partial charge < -0.3 is 16.4 Å². The summed E-state index contributed by atoms with van der Waals surface area (Å²) in [5.74, 6) is -0.0729. The molecule has 0 aliphatic carbocycles. The lowest BCUT2D eigenvalue weighted by molar-refractivity contribution is 0.100. The van der Waals surface area contributed by atoms with E-state index in [9.17, 15) is 4.79 Å². The van der Waals surface area contributed by atoms with Crippen molar-refractivity contribution in [1.29, 1.82) is 0 Å². The second-order valence-corrected chi connectivity index (χ2v) is 3.96. The molecule has 0 heterocycles. The van der Waals surface area contributed by atoms with E-state index in [4.69, 9.17) is 23.1 Å². The molecular formula is C11H15ClN4O. The van der Waals surface area contributed by atoms with E-state index >= 15 is 0 Å². The number of carbonyl (C=O) groups is 1. The summed E-state index contributed by atoms with van der Waals surface area (Å²) in [4.78, 5) is 17.2. The molecule has 4 N–H and O–H groups in total. The SMILES string of the molecule is CN(C)c1ccc(N=C(N)CCl)cc1C(N)=O. The molecule has 0 bridgehead atoms. The Morgan fingerprint density at radius 3 is 2.53 bits per heavy atom. The molecule has 0 saturated heterocycles. The van der Waals surface area contributed by atoms with Crippen LogP contribution in [-0.4, -0.2) is 31.7 Å². The zero-order chi connectivity index (χ0) is 13.0. The Morgan fingerprint density at radius 2 is 2.06 bits per heavy atom. The van der Waals surface area contributed by atoms with E-state index < -0.39 is 5.91 Å². The molecule has 0 aliphatic rings. The number of amidine groups is 1. The first-order valence-corrected chi connectivity index (χ1v) is 5.49. The number of nitrogens with zero attached hydrogens (tertiary/aromatic N) is 2. The first-order valence-electron chi connectivity index (χ1n) is 4.96. The van der Waals surface area contributed by atoms with Gasteiger partial charge >= 0.3 is 0 Å². The highest BCUT2D eigenvalue weighted by atomic mass is 35.5. The molecule has 17 heavy (non-hydrogen) atoms. The summed E-state index contributed by atoms with van der Waals surface area (Å²) in [6.07, 6.45) is 0. The van der Waals surface area contributed by atoms with Crippen molar-refractivity contribution in [3.63, 3.8) is 0 Å². The zero-order valence-electron chi connectivity index (χ0n) is 9.77. The van der Waals surface area contributed by atoms with Crippen LogP contribution in [0.4, 0.5) is 11.4 Å². The Hall–Kier alpha value is -1.75. The van der Waals surface area contributed by atoms with Crippen molar-refractivity contribution in [3.05, 3.63) is 23.8 Å². The molecule has 1 rings (SSSR count). The number of aliphatic imine (C=N–C) groups is 1. The number of rotatable bonds is 4. The first-order chi connectivity index (χ1) is 7.95. The van der Waals surface area contributed by atoms with E-state index in [1.54, 1.807) is 23.1 Å². The van der Waals surface area contributed by atoms with Gasteiger partial charge in [0.2, 0.25) is 0 Å². The first kappa shape index (κ1) is 13.3. The molecule has 0 atom stereocenters. The van der Waals surface area contributed by atoms with Crippen LogP contribution in [0.3, 0.4) is 0 Å². The zero-order valence-corrected chi connectivity index (χ0v) is 10.5. The van der Waals surface area contributed by atoms with Crippen LogP contribution in [0, 0.1) is 0 Å². The van der Waals surface area contributed by atoms with Crippen LogP contribution in [0.25, 0.3) is 0 Å². The third kappa shape index (κ3) is 3.35. The monoisotopic (exact) mass is 254 g/mol. The molecule has 0 saturated carbocycles.